The first kappa shape index (κ1) is 16.4. The van der Waals surface area contributed by atoms with Crippen LogP contribution < -0.4 is 4.74 Å². The maximum Gasteiger partial charge on any atom is 0.134 e. The Hall–Kier alpha value is -2.42. The third kappa shape index (κ3) is 3.56. The number of aromatic nitrogens is 1. The fraction of sp³-hybridized carbons (Fsp3) is 0.0526. The molecule has 1 heterocycles. The fourth-order valence-electron chi connectivity index (χ4n) is 2.23. The zero-order valence-corrected chi connectivity index (χ0v) is 15.3. The Morgan fingerprint density at radius 1 is 1.21 bits per heavy atom. The van der Waals surface area contributed by atoms with Gasteiger partial charge in [0.25, 0.3) is 0 Å². The normalized spacial score (nSPS) is 11.1. The summed E-state index contributed by atoms with van der Waals surface area (Å²) in [6, 6.07) is 17.8. The summed E-state index contributed by atoms with van der Waals surface area (Å²) in [5.74, 6) is 0.731. The number of para-hydroxylation sites is 1. The van der Waals surface area contributed by atoms with Crippen LogP contribution in [0.5, 0.6) is 5.75 Å². The van der Waals surface area contributed by atoms with Crippen molar-refractivity contribution in [1.29, 1.82) is 5.26 Å². The molecule has 0 unspecified atom stereocenters. The molecule has 0 fully saturated rings. The lowest BCUT2D eigenvalue weighted by molar-refractivity contribution is 0.414. The van der Waals surface area contributed by atoms with E-state index < -0.39 is 0 Å². The molecule has 24 heavy (non-hydrogen) atoms. The molecular formula is C19H13BrN2OS. The summed E-state index contributed by atoms with van der Waals surface area (Å²) in [5.41, 5.74) is 3.27. The Morgan fingerprint density at radius 3 is 2.67 bits per heavy atom. The van der Waals surface area contributed by atoms with Gasteiger partial charge < -0.3 is 4.74 Å². The largest absolute Gasteiger partial charge is 0.496 e. The average molecular weight is 397 g/mol. The highest BCUT2D eigenvalue weighted by Gasteiger charge is 2.10. The summed E-state index contributed by atoms with van der Waals surface area (Å²) in [6.45, 7) is 0. The molecule has 0 aliphatic heterocycles. The van der Waals surface area contributed by atoms with Gasteiger partial charge in [0.1, 0.15) is 16.8 Å². The van der Waals surface area contributed by atoms with Crippen LogP contribution >= 0.6 is 27.3 Å². The molecule has 0 radical (unpaired) electrons. The monoisotopic (exact) mass is 396 g/mol. The molecule has 0 saturated carbocycles. The first-order chi connectivity index (χ1) is 11.7. The van der Waals surface area contributed by atoms with Crippen LogP contribution in [0.4, 0.5) is 0 Å². The summed E-state index contributed by atoms with van der Waals surface area (Å²) in [5, 5.41) is 12.2. The summed E-state index contributed by atoms with van der Waals surface area (Å²) in [7, 11) is 1.62. The summed E-state index contributed by atoms with van der Waals surface area (Å²) in [6.07, 6.45) is 1.81. The van der Waals surface area contributed by atoms with Gasteiger partial charge in [-0.15, -0.1) is 11.3 Å². The average Bonchev–Trinajstić information content (AvgIpc) is 3.10. The molecule has 3 nitrogen and oxygen atoms in total. The van der Waals surface area contributed by atoms with Gasteiger partial charge in [-0.25, -0.2) is 4.98 Å². The number of thiazole rings is 1. The highest BCUT2D eigenvalue weighted by atomic mass is 79.9. The number of ether oxygens (including phenoxy) is 1. The number of benzene rings is 2. The molecule has 0 saturated heterocycles. The second kappa shape index (κ2) is 7.43. The zero-order valence-electron chi connectivity index (χ0n) is 12.9. The zero-order chi connectivity index (χ0) is 16.9. The predicted molar refractivity (Wildman–Crippen MR) is 102 cm³/mol. The van der Waals surface area contributed by atoms with Crippen LogP contribution in [-0.4, -0.2) is 12.1 Å². The molecule has 0 N–H and O–H groups in total. The van der Waals surface area contributed by atoms with Crippen molar-refractivity contribution in [2.75, 3.05) is 7.11 Å². The van der Waals surface area contributed by atoms with Gasteiger partial charge in [0.15, 0.2) is 0 Å². The Balaban J connectivity index is 1.96. The van der Waals surface area contributed by atoms with Crippen molar-refractivity contribution in [1.82, 2.24) is 4.98 Å². The van der Waals surface area contributed by atoms with Crippen molar-refractivity contribution in [3.05, 3.63) is 69.0 Å². The van der Waals surface area contributed by atoms with Gasteiger partial charge in [0, 0.05) is 21.0 Å². The van der Waals surface area contributed by atoms with Gasteiger partial charge in [-0.2, -0.15) is 5.26 Å². The molecule has 0 spiro atoms. The van der Waals surface area contributed by atoms with E-state index in [4.69, 9.17) is 4.74 Å². The van der Waals surface area contributed by atoms with Crippen molar-refractivity contribution in [2.24, 2.45) is 0 Å². The number of methoxy groups -OCH3 is 1. The number of halogens is 1. The Kier molecular flexibility index (Phi) is 5.09. The fourth-order valence-corrected chi connectivity index (χ4v) is 3.29. The smallest absolute Gasteiger partial charge is 0.134 e. The van der Waals surface area contributed by atoms with E-state index in [1.54, 1.807) is 7.11 Å². The highest BCUT2D eigenvalue weighted by Crippen LogP contribution is 2.29. The molecule has 0 atom stereocenters. The summed E-state index contributed by atoms with van der Waals surface area (Å²) in [4.78, 5) is 4.60. The number of rotatable bonds is 4. The molecule has 0 amide bonds. The number of hydrogen-bond donors (Lipinski definition) is 0. The van der Waals surface area contributed by atoms with Gasteiger partial charge in [-0.3, -0.25) is 0 Å². The molecule has 0 aliphatic carbocycles. The van der Waals surface area contributed by atoms with Crippen LogP contribution in [0.1, 0.15) is 10.6 Å². The topological polar surface area (TPSA) is 45.9 Å². The molecular weight excluding hydrogens is 384 g/mol. The number of nitrogens with zero attached hydrogens (tertiary/aromatic N) is 2. The van der Waals surface area contributed by atoms with E-state index in [0.717, 1.165) is 27.0 Å². The Bertz CT molecular complexity index is 923. The Labute approximate surface area is 153 Å². The predicted octanol–water partition coefficient (Wildman–Crippen LogP) is 5.65. The first-order valence-electron chi connectivity index (χ1n) is 7.18. The van der Waals surface area contributed by atoms with E-state index in [1.165, 1.54) is 11.3 Å². The van der Waals surface area contributed by atoms with Crippen LogP contribution in [0.3, 0.4) is 0 Å². The third-order valence-corrected chi connectivity index (χ3v) is 4.84. The van der Waals surface area contributed by atoms with Crippen molar-refractivity contribution in [3.63, 3.8) is 0 Å². The maximum atomic E-state index is 9.52. The SMILES string of the molecule is COc1ccccc1/C=C(\C#N)c1nc(-c2ccc(Br)cc2)cs1. The lowest BCUT2D eigenvalue weighted by Gasteiger charge is -2.04. The molecule has 0 aliphatic rings. The minimum Gasteiger partial charge on any atom is -0.496 e. The van der Waals surface area contributed by atoms with Crippen molar-refractivity contribution in [2.45, 2.75) is 0 Å². The quantitative estimate of drug-likeness (QED) is 0.535. The molecule has 3 rings (SSSR count). The molecule has 3 aromatic rings. The maximum absolute atomic E-state index is 9.52. The lowest BCUT2D eigenvalue weighted by Crippen LogP contribution is -1.87. The standard InChI is InChI=1S/C19H13BrN2OS/c1-23-18-5-3-2-4-14(18)10-15(11-21)19-22-17(12-24-19)13-6-8-16(20)9-7-13/h2-10,12H,1H3/b15-10+. The number of hydrogen-bond acceptors (Lipinski definition) is 4. The van der Waals surface area contributed by atoms with E-state index >= 15 is 0 Å². The molecule has 118 valence electrons. The van der Waals surface area contributed by atoms with Crippen LogP contribution in [0.2, 0.25) is 0 Å². The van der Waals surface area contributed by atoms with Gasteiger partial charge in [0.05, 0.1) is 18.4 Å². The number of nitriles is 1. The van der Waals surface area contributed by atoms with Crippen LogP contribution in [0, 0.1) is 11.3 Å². The van der Waals surface area contributed by atoms with Crippen LogP contribution in [-0.2, 0) is 0 Å². The highest BCUT2D eigenvalue weighted by molar-refractivity contribution is 9.10. The van der Waals surface area contributed by atoms with Gasteiger partial charge in [-0.05, 0) is 24.3 Å². The lowest BCUT2D eigenvalue weighted by atomic mass is 10.1. The van der Waals surface area contributed by atoms with E-state index in [-0.39, 0.29) is 0 Å². The third-order valence-electron chi connectivity index (χ3n) is 3.43. The summed E-state index contributed by atoms with van der Waals surface area (Å²) >= 11 is 4.89. The molecule has 1 aromatic heterocycles. The van der Waals surface area contributed by atoms with E-state index in [0.29, 0.717) is 10.6 Å². The Morgan fingerprint density at radius 2 is 1.96 bits per heavy atom. The van der Waals surface area contributed by atoms with Crippen molar-refractivity contribution < 1.29 is 4.74 Å². The van der Waals surface area contributed by atoms with Crippen LogP contribution in [0.25, 0.3) is 22.9 Å². The van der Waals surface area contributed by atoms with Gasteiger partial charge >= 0.3 is 0 Å². The van der Waals surface area contributed by atoms with Crippen molar-refractivity contribution in [3.8, 4) is 23.1 Å². The molecule has 5 heteroatoms. The number of allylic oxidation sites excluding steroid dienone is 1. The van der Waals surface area contributed by atoms with Crippen LogP contribution in [0.15, 0.2) is 58.4 Å². The molecule has 2 aromatic carbocycles. The van der Waals surface area contributed by atoms with E-state index in [9.17, 15) is 5.26 Å². The van der Waals surface area contributed by atoms with Gasteiger partial charge in [0.2, 0.25) is 0 Å². The van der Waals surface area contributed by atoms with E-state index in [1.807, 2.05) is 60.0 Å². The second-order valence-electron chi connectivity index (χ2n) is 4.96. The second-order valence-corrected chi connectivity index (χ2v) is 6.73. The molecule has 0 bridgehead atoms. The first-order valence-corrected chi connectivity index (χ1v) is 8.85. The summed E-state index contributed by atoms with van der Waals surface area (Å²) < 4.78 is 6.36. The minimum atomic E-state index is 0.521. The van der Waals surface area contributed by atoms with Crippen molar-refractivity contribution >= 4 is 38.9 Å². The van der Waals surface area contributed by atoms with E-state index in [2.05, 4.69) is 27.0 Å². The van der Waals surface area contributed by atoms with Gasteiger partial charge in [-0.1, -0.05) is 46.3 Å². The minimum absolute atomic E-state index is 0.521.